The minimum atomic E-state index is -3.56. The van der Waals surface area contributed by atoms with E-state index >= 15 is 0 Å². The highest BCUT2D eigenvalue weighted by atomic mass is 32.2. The van der Waals surface area contributed by atoms with Gasteiger partial charge in [-0.15, -0.1) is 0 Å². The van der Waals surface area contributed by atoms with Crippen LogP contribution in [0.2, 0.25) is 0 Å². The summed E-state index contributed by atoms with van der Waals surface area (Å²) < 4.78 is 40.3. The van der Waals surface area contributed by atoms with Crippen LogP contribution in [0.4, 0.5) is 15.8 Å². The number of benzene rings is 2. The molecule has 170 valence electrons. The molecule has 9 heteroatoms. The standard InChI is InChI=1S/C23H26FN3O4S/c1-16-10-12-26(13-11-16)32(30,31)21-8-6-20(7-9-21)27-15-17(14-22(27)28)23(29)25-19-4-2-18(24)3-5-19/h2-9,16-17H,10-15H2,1H3,(H,25,29). The number of piperidine rings is 1. The van der Waals surface area contributed by atoms with Crippen LogP contribution in [0, 0.1) is 17.7 Å². The highest BCUT2D eigenvalue weighted by molar-refractivity contribution is 7.89. The van der Waals surface area contributed by atoms with Crippen LogP contribution in [0.1, 0.15) is 26.2 Å². The van der Waals surface area contributed by atoms with Crippen LogP contribution < -0.4 is 10.2 Å². The molecule has 1 N–H and O–H groups in total. The Labute approximate surface area is 187 Å². The molecule has 7 nitrogen and oxygen atoms in total. The zero-order valence-electron chi connectivity index (χ0n) is 17.8. The van der Waals surface area contributed by atoms with Crippen molar-refractivity contribution in [3.63, 3.8) is 0 Å². The fourth-order valence-corrected chi connectivity index (χ4v) is 5.55. The van der Waals surface area contributed by atoms with Gasteiger partial charge in [-0.1, -0.05) is 6.92 Å². The molecule has 2 saturated heterocycles. The predicted molar refractivity (Wildman–Crippen MR) is 119 cm³/mol. The Morgan fingerprint density at radius 1 is 1.03 bits per heavy atom. The van der Waals surface area contributed by atoms with Gasteiger partial charge in [-0.25, -0.2) is 12.8 Å². The molecule has 2 heterocycles. The first-order chi connectivity index (χ1) is 15.2. The summed E-state index contributed by atoms with van der Waals surface area (Å²) in [5, 5.41) is 2.70. The van der Waals surface area contributed by atoms with Gasteiger partial charge in [0.2, 0.25) is 21.8 Å². The third-order valence-electron chi connectivity index (χ3n) is 6.14. The molecule has 0 bridgehead atoms. The lowest BCUT2D eigenvalue weighted by molar-refractivity contribution is -0.122. The third-order valence-corrected chi connectivity index (χ3v) is 8.05. The monoisotopic (exact) mass is 459 g/mol. The molecule has 1 atom stereocenters. The number of carbonyl (C=O) groups is 2. The molecule has 32 heavy (non-hydrogen) atoms. The van der Waals surface area contributed by atoms with Gasteiger partial charge in [-0.3, -0.25) is 9.59 Å². The van der Waals surface area contributed by atoms with Crippen LogP contribution in [0.5, 0.6) is 0 Å². The molecule has 1 unspecified atom stereocenters. The van der Waals surface area contributed by atoms with Crippen molar-refractivity contribution in [1.82, 2.24) is 4.31 Å². The Kier molecular flexibility index (Phi) is 6.30. The van der Waals surface area contributed by atoms with Gasteiger partial charge in [-0.2, -0.15) is 4.31 Å². The summed E-state index contributed by atoms with van der Waals surface area (Å²) in [6, 6.07) is 11.7. The number of sulfonamides is 1. The van der Waals surface area contributed by atoms with Gasteiger partial charge in [-0.05, 0) is 67.3 Å². The number of anilines is 2. The quantitative estimate of drug-likeness (QED) is 0.744. The molecule has 2 amide bonds. The van der Waals surface area contributed by atoms with E-state index < -0.39 is 21.8 Å². The van der Waals surface area contributed by atoms with Crippen molar-refractivity contribution in [3.05, 3.63) is 54.3 Å². The SMILES string of the molecule is CC1CCN(S(=O)(=O)c2ccc(N3CC(C(=O)Nc4ccc(F)cc4)CC3=O)cc2)CC1. The van der Waals surface area contributed by atoms with Crippen LogP contribution in [0.3, 0.4) is 0 Å². The van der Waals surface area contributed by atoms with Crippen molar-refractivity contribution in [2.75, 3.05) is 29.9 Å². The van der Waals surface area contributed by atoms with E-state index in [1.54, 1.807) is 12.1 Å². The second-order valence-electron chi connectivity index (χ2n) is 8.48. The Morgan fingerprint density at radius 2 is 1.66 bits per heavy atom. The number of hydrogen-bond acceptors (Lipinski definition) is 4. The lowest BCUT2D eigenvalue weighted by Crippen LogP contribution is -2.37. The van der Waals surface area contributed by atoms with Crippen LogP contribution in [-0.4, -0.2) is 44.2 Å². The number of nitrogens with zero attached hydrogens (tertiary/aromatic N) is 2. The van der Waals surface area contributed by atoms with E-state index in [9.17, 15) is 22.4 Å². The van der Waals surface area contributed by atoms with E-state index in [2.05, 4.69) is 12.2 Å². The van der Waals surface area contributed by atoms with Gasteiger partial charge in [0, 0.05) is 37.4 Å². The van der Waals surface area contributed by atoms with Gasteiger partial charge in [0.15, 0.2) is 0 Å². The number of nitrogens with one attached hydrogen (secondary N) is 1. The molecule has 4 rings (SSSR count). The summed E-state index contributed by atoms with van der Waals surface area (Å²) in [6.45, 7) is 3.35. The highest BCUT2D eigenvalue weighted by Gasteiger charge is 2.35. The summed E-state index contributed by atoms with van der Waals surface area (Å²) in [7, 11) is -3.56. The Balaban J connectivity index is 1.42. The van der Waals surface area contributed by atoms with Gasteiger partial charge in [0.05, 0.1) is 10.8 Å². The van der Waals surface area contributed by atoms with Gasteiger partial charge < -0.3 is 10.2 Å². The van der Waals surface area contributed by atoms with E-state index in [0.29, 0.717) is 30.4 Å². The molecule has 2 aliphatic heterocycles. The molecule has 2 aliphatic rings. The zero-order valence-corrected chi connectivity index (χ0v) is 18.6. The fourth-order valence-electron chi connectivity index (χ4n) is 4.08. The van der Waals surface area contributed by atoms with Gasteiger partial charge in [0.1, 0.15) is 5.82 Å². The molecule has 0 saturated carbocycles. The maximum Gasteiger partial charge on any atom is 0.243 e. The number of amides is 2. The first-order valence-electron chi connectivity index (χ1n) is 10.7. The smallest absolute Gasteiger partial charge is 0.243 e. The topological polar surface area (TPSA) is 86.8 Å². The van der Waals surface area contributed by atoms with Crippen LogP contribution in [0.25, 0.3) is 0 Å². The maximum atomic E-state index is 13.0. The van der Waals surface area contributed by atoms with Crippen LogP contribution >= 0.6 is 0 Å². The lowest BCUT2D eigenvalue weighted by Gasteiger charge is -2.29. The van der Waals surface area contributed by atoms with E-state index in [1.807, 2.05) is 0 Å². The van der Waals surface area contributed by atoms with E-state index in [-0.39, 0.29) is 29.7 Å². The third kappa shape index (κ3) is 4.68. The largest absolute Gasteiger partial charge is 0.326 e. The minimum Gasteiger partial charge on any atom is -0.326 e. The first-order valence-corrected chi connectivity index (χ1v) is 12.1. The van der Waals surface area contributed by atoms with Gasteiger partial charge in [0.25, 0.3) is 0 Å². The molecule has 2 fully saturated rings. The van der Waals surface area contributed by atoms with E-state index in [1.165, 1.54) is 45.6 Å². The second kappa shape index (κ2) is 8.99. The summed E-state index contributed by atoms with van der Waals surface area (Å²) >= 11 is 0. The summed E-state index contributed by atoms with van der Waals surface area (Å²) in [5.41, 5.74) is 1.02. The van der Waals surface area contributed by atoms with Crippen molar-refractivity contribution >= 4 is 33.2 Å². The predicted octanol–water partition coefficient (Wildman–Crippen LogP) is 3.24. The minimum absolute atomic E-state index is 0.0546. The van der Waals surface area contributed by atoms with Crippen LogP contribution in [0.15, 0.2) is 53.4 Å². The Morgan fingerprint density at radius 3 is 2.28 bits per heavy atom. The molecule has 0 aliphatic carbocycles. The number of hydrogen-bond donors (Lipinski definition) is 1. The lowest BCUT2D eigenvalue weighted by atomic mass is 10.0. The van der Waals surface area contributed by atoms with Crippen molar-refractivity contribution < 1.29 is 22.4 Å². The van der Waals surface area contributed by atoms with Crippen molar-refractivity contribution in [1.29, 1.82) is 0 Å². The normalized spacial score (nSPS) is 20.5. The molecule has 0 radical (unpaired) electrons. The molecule has 0 aromatic heterocycles. The molecule has 0 spiro atoms. The fraction of sp³-hybridized carbons (Fsp3) is 0.391. The molecule has 2 aromatic rings. The summed E-state index contributed by atoms with van der Waals surface area (Å²) in [6.07, 6.45) is 1.75. The first kappa shape index (κ1) is 22.4. The van der Waals surface area contributed by atoms with Crippen molar-refractivity contribution in [3.8, 4) is 0 Å². The average molecular weight is 460 g/mol. The second-order valence-corrected chi connectivity index (χ2v) is 10.4. The zero-order chi connectivity index (χ0) is 22.9. The highest BCUT2D eigenvalue weighted by Crippen LogP contribution is 2.29. The number of rotatable bonds is 5. The Bertz CT molecular complexity index is 1100. The molecule has 2 aromatic carbocycles. The summed E-state index contributed by atoms with van der Waals surface area (Å²) in [4.78, 5) is 26.7. The van der Waals surface area contributed by atoms with Crippen molar-refractivity contribution in [2.24, 2.45) is 11.8 Å². The molecular weight excluding hydrogens is 433 g/mol. The van der Waals surface area contributed by atoms with E-state index in [0.717, 1.165) is 12.8 Å². The van der Waals surface area contributed by atoms with E-state index in [4.69, 9.17) is 0 Å². The van der Waals surface area contributed by atoms with Crippen LogP contribution in [-0.2, 0) is 19.6 Å². The summed E-state index contributed by atoms with van der Waals surface area (Å²) in [5.74, 6) is -0.939. The molecular formula is C23H26FN3O4S. The van der Waals surface area contributed by atoms with Crippen molar-refractivity contribution in [2.45, 2.75) is 31.1 Å². The number of halogens is 1. The average Bonchev–Trinajstić information content (AvgIpc) is 3.17. The van der Waals surface area contributed by atoms with Gasteiger partial charge >= 0.3 is 0 Å². The maximum absolute atomic E-state index is 13.0. The number of carbonyl (C=O) groups excluding carboxylic acids is 2. The Hall–Kier alpha value is -2.78.